The van der Waals surface area contributed by atoms with Gasteiger partial charge in [-0.2, -0.15) is 0 Å². The molecule has 1 rings (SSSR count). The summed E-state index contributed by atoms with van der Waals surface area (Å²) in [5.74, 6) is -1.12. The van der Waals surface area contributed by atoms with Crippen molar-refractivity contribution in [1.29, 1.82) is 0 Å². The largest absolute Gasteiger partial charge is 0.495 e. The molecule has 1 unspecified atom stereocenters. The van der Waals surface area contributed by atoms with E-state index in [4.69, 9.17) is 10.2 Å². The zero-order valence-electron chi connectivity index (χ0n) is 6.96. The molecule has 1 aliphatic rings. The molecule has 0 aliphatic carbocycles. The van der Waals surface area contributed by atoms with Gasteiger partial charge in [-0.3, -0.25) is 0 Å². The highest BCUT2D eigenvalue weighted by Gasteiger charge is 2.33. The number of carbonyl (C=O) groups is 1. The first-order valence-corrected chi connectivity index (χ1v) is 3.56. The molecule has 12 heavy (non-hydrogen) atoms. The number of allylic oxidation sites excluding steroid dienone is 2. The van der Waals surface area contributed by atoms with Crippen molar-refractivity contribution < 1.29 is 15.0 Å². The Morgan fingerprint density at radius 2 is 2.25 bits per heavy atom. The maximum absolute atomic E-state index is 10.7. The lowest BCUT2D eigenvalue weighted by molar-refractivity contribution is -0.142. The fourth-order valence-corrected chi connectivity index (χ4v) is 1.17. The van der Waals surface area contributed by atoms with Crippen LogP contribution in [0.1, 0.15) is 13.8 Å². The number of aliphatic hydroxyl groups is 1. The molecule has 0 bridgehead atoms. The maximum Gasteiger partial charge on any atom is 0.333 e. The van der Waals surface area contributed by atoms with E-state index in [9.17, 15) is 4.79 Å². The zero-order valence-corrected chi connectivity index (χ0v) is 6.96. The molecule has 3 N–H and O–H groups in total. The second kappa shape index (κ2) is 2.55. The summed E-state index contributed by atoms with van der Waals surface area (Å²) in [6.45, 7) is 3.22. The number of hydrogen-bond donors (Lipinski definition) is 3. The van der Waals surface area contributed by atoms with Crippen molar-refractivity contribution in [1.82, 2.24) is 5.32 Å². The fraction of sp³-hybridized carbons (Fsp3) is 0.375. The minimum absolute atomic E-state index is 0.111. The average molecular weight is 169 g/mol. The van der Waals surface area contributed by atoms with Gasteiger partial charge in [-0.1, -0.05) is 0 Å². The van der Waals surface area contributed by atoms with Crippen molar-refractivity contribution in [2.75, 3.05) is 0 Å². The monoisotopic (exact) mass is 169 g/mol. The van der Waals surface area contributed by atoms with E-state index >= 15 is 0 Å². The lowest BCUT2D eigenvalue weighted by Gasteiger charge is -2.26. The molecule has 0 aromatic rings. The molecule has 4 heteroatoms. The first-order valence-electron chi connectivity index (χ1n) is 3.56. The summed E-state index contributed by atoms with van der Waals surface area (Å²) in [4.78, 5) is 10.7. The molecule has 0 radical (unpaired) electrons. The lowest BCUT2D eigenvalue weighted by atomic mass is 9.96. The van der Waals surface area contributed by atoms with Gasteiger partial charge >= 0.3 is 5.97 Å². The van der Waals surface area contributed by atoms with Crippen LogP contribution in [0.25, 0.3) is 0 Å². The Morgan fingerprint density at radius 1 is 1.67 bits per heavy atom. The Hall–Kier alpha value is -1.45. The van der Waals surface area contributed by atoms with E-state index in [1.54, 1.807) is 13.0 Å². The van der Waals surface area contributed by atoms with Crippen molar-refractivity contribution in [3.63, 3.8) is 0 Å². The number of carboxylic acids is 1. The first kappa shape index (κ1) is 8.64. The van der Waals surface area contributed by atoms with Crippen molar-refractivity contribution in [2.24, 2.45) is 0 Å². The minimum atomic E-state index is -1.19. The third-order valence-electron chi connectivity index (χ3n) is 1.71. The number of dihydropyridines is 1. The van der Waals surface area contributed by atoms with Gasteiger partial charge in [0.25, 0.3) is 0 Å². The summed E-state index contributed by atoms with van der Waals surface area (Å²) in [5, 5.41) is 20.4. The van der Waals surface area contributed by atoms with E-state index < -0.39 is 11.5 Å². The SMILES string of the molecule is CC1=CC(C)(C(=O)O)NC(O)=C1. The highest BCUT2D eigenvalue weighted by molar-refractivity contribution is 5.82. The third-order valence-corrected chi connectivity index (χ3v) is 1.71. The van der Waals surface area contributed by atoms with Crippen molar-refractivity contribution in [3.8, 4) is 0 Å². The smallest absolute Gasteiger partial charge is 0.333 e. The maximum atomic E-state index is 10.7. The van der Waals surface area contributed by atoms with Crippen molar-refractivity contribution in [2.45, 2.75) is 19.4 Å². The molecule has 0 spiro atoms. The van der Waals surface area contributed by atoms with E-state index in [-0.39, 0.29) is 5.88 Å². The van der Waals surface area contributed by atoms with Gasteiger partial charge in [0.2, 0.25) is 0 Å². The number of aliphatic hydroxyl groups excluding tert-OH is 1. The molecule has 0 fully saturated rings. The van der Waals surface area contributed by atoms with E-state index in [0.29, 0.717) is 0 Å². The zero-order chi connectivity index (χ0) is 9.35. The van der Waals surface area contributed by atoms with Gasteiger partial charge in [-0.25, -0.2) is 4.79 Å². The molecule has 0 aromatic carbocycles. The summed E-state index contributed by atoms with van der Waals surface area (Å²) >= 11 is 0. The van der Waals surface area contributed by atoms with E-state index in [1.807, 2.05) is 0 Å². The predicted octanol–water partition coefficient (Wildman–Crippen LogP) is 0.779. The normalized spacial score (nSPS) is 28.5. The molecule has 66 valence electrons. The Bertz CT molecular complexity index is 280. The van der Waals surface area contributed by atoms with Gasteiger partial charge in [0.15, 0.2) is 11.4 Å². The summed E-state index contributed by atoms with van der Waals surface area (Å²) in [7, 11) is 0. The van der Waals surface area contributed by atoms with Crippen LogP contribution in [0.2, 0.25) is 0 Å². The summed E-state index contributed by atoms with van der Waals surface area (Å²) < 4.78 is 0. The first-order chi connectivity index (χ1) is 5.44. The minimum Gasteiger partial charge on any atom is -0.495 e. The van der Waals surface area contributed by atoms with E-state index in [1.165, 1.54) is 13.0 Å². The fourth-order valence-electron chi connectivity index (χ4n) is 1.17. The van der Waals surface area contributed by atoms with Crippen LogP contribution in [-0.4, -0.2) is 21.7 Å². The summed E-state index contributed by atoms with van der Waals surface area (Å²) in [6.07, 6.45) is 3.03. The van der Waals surface area contributed by atoms with Gasteiger partial charge in [0.05, 0.1) is 0 Å². The van der Waals surface area contributed by atoms with Gasteiger partial charge in [0, 0.05) is 6.08 Å². The lowest BCUT2D eigenvalue weighted by Crippen LogP contribution is -2.48. The molecule has 0 saturated heterocycles. The van der Waals surface area contributed by atoms with E-state index in [0.717, 1.165) is 5.57 Å². The highest BCUT2D eigenvalue weighted by Crippen LogP contribution is 2.17. The van der Waals surface area contributed by atoms with Crippen LogP contribution in [0.3, 0.4) is 0 Å². The average Bonchev–Trinajstić information content (AvgIpc) is 1.82. The number of hydrogen-bond acceptors (Lipinski definition) is 3. The topological polar surface area (TPSA) is 69.6 Å². The van der Waals surface area contributed by atoms with Gasteiger partial charge in [-0.15, -0.1) is 0 Å². The molecule has 1 atom stereocenters. The molecule has 4 nitrogen and oxygen atoms in total. The highest BCUT2D eigenvalue weighted by atomic mass is 16.4. The second-order valence-corrected chi connectivity index (χ2v) is 3.05. The van der Waals surface area contributed by atoms with Crippen molar-refractivity contribution in [3.05, 3.63) is 23.6 Å². The van der Waals surface area contributed by atoms with Crippen LogP contribution in [-0.2, 0) is 4.79 Å². The number of rotatable bonds is 1. The van der Waals surface area contributed by atoms with Crippen LogP contribution < -0.4 is 5.32 Å². The predicted molar refractivity (Wildman–Crippen MR) is 43.6 cm³/mol. The molecular formula is C8H11NO3. The molecule has 0 amide bonds. The second-order valence-electron chi connectivity index (χ2n) is 3.05. The van der Waals surface area contributed by atoms with Crippen LogP contribution in [0, 0.1) is 0 Å². The van der Waals surface area contributed by atoms with Crippen LogP contribution in [0.5, 0.6) is 0 Å². The Labute approximate surface area is 70.2 Å². The number of carboxylic acid groups (broad SMARTS) is 1. The van der Waals surface area contributed by atoms with Gasteiger partial charge < -0.3 is 15.5 Å². The number of nitrogens with one attached hydrogen (secondary N) is 1. The Morgan fingerprint density at radius 3 is 2.67 bits per heavy atom. The van der Waals surface area contributed by atoms with Gasteiger partial charge in [0.1, 0.15) is 0 Å². The Kier molecular flexibility index (Phi) is 1.84. The third kappa shape index (κ3) is 1.42. The standard InChI is InChI=1S/C8H11NO3/c1-5-3-6(10)9-8(2,4-5)7(11)12/h3-4,9-10H,1-2H3,(H,11,12). The van der Waals surface area contributed by atoms with Crippen LogP contribution >= 0.6 is 0 Å². The summed E-state index contributed by atoms with van der Waals surface area (Å²) in [6, 6.07) is 0. The van der Waals surface area contributed by atoms with E-state index in [2.05, 4.69) is 5.32 Å². The molecular weight excluding hydrogens is 158 g/mol. The van der Waals surface area contributed by atoms with Gasteiger partial charge in [-0.05, 0) is 25.5 Å². The molecule has 1 aliphatic heterocycles. The molecule has 1 heterocycles. The van der Waals surface area contributed by atoms with Crippen LogP contribution in [0.15, 0.2) is 23.6 Å². The quantitative estimate of drug-likeness (QED) is 0.542. The molecule has 0 saturated carbocycles. The van der Waals surface area contributed by atoms with Crippen LogP contribution in [0.4, 0.5) is 0 Å². The summed E-state index contributed by atoms with van der Waals surface area (Å²) in [5.41, 5.74) is -0.459. The number of aliphatic carboxylic acids is 1. The molecule has 0 aromatic heterocycles. The Balaban J connectivity index is 3.00. The van der Waals surface area contributed by atoms with Crippen molar-refractivity contribution >= 4 is 5.97 Å².